The molecule has 2 heterocycles. The molecule has 35 heavy (non-hydrogen) atoms. The molecule has 5 nitrogen and oxygen atoms in total. The van der Waals surface area contributed by atoms with Gasteiger partial charge in [0.05, 0.1) is 4.88 Å². The van der Waals surface area contributed by atoms with Crippen molar-refractivity contribution in [3.8, 4) is 5.75 Å². The van der Waals surface area contributed by atoms with Crippen molar-refractivity contribution >= 4 is 38.9 Å². The minimum absolute atomic E-state index is 0.0239. The quantitative estimate of drug-likeness (QED) is 0.356. The second-order valence-electron chi connectivity index (χ2n) is 8.55. The molecular weight excluding hydrogens is 463 g/mol. The monoisotopic (exact) mass is 488 g/mol. The van der Waals surface area contributed by atoms with E-state index in [0.717, 1.165) is 10.4 Å². The zero-order valence-electron chi connectivity index (χ0n) is 19.1. The van der Waals surface area contributed by atoms with Crippen molar-refractivity contribution in [3.05, 3.63) is 95.1 Å². The molecule has 0 saturated carbocycles. The van der Waals surface area contributed by atoms with Gasteiger partial charge in [-0.2, -0.15) is 0 Å². The molecule has 2 amide bonds. The van der Waals surface area contributed by atoms with Gasteiger partial charge in [-0.1, -0.05) is 42.5 Å². The Balaban J connectivity index is 1.31. The molecule has 1 aliphatic heterocycles. The summed E-state index contributed by atoms with van der Waals surface area (Å²) < 4.78 is 21.4. The zero-order chi connectivity index (χ0) is 24.2. The van der Waals surface area contributed by atoms with Crippen LogP contribution < -0.4 is 10.1 Å². The first kappa shape index (κ1) is 23.1. The molecule has 1 fully saturated rings. The predicted molar refractivity (Wildman–Crippen MR) is 136 cm³/mol. The normalized spacial score (nSPS) is 14.1. The third-order valence-electron chi connectivity index (χ3n) is 6.28. The number of hydrogen-bond acceptors (Lipinski definition) is 4. The lowest BCUT2D eigenvalue weighted by molar-refractivity contribution is -0.121. The number of para-hydroxylation sites is 2. The van der Waals surface area contributed by atoms with Gasteiger partial charge in [-0.05, 0) is 49.2 Å². The molecule has 1 N–H and O–H groups in total. The van der Waals surface area contributed by atoms with Crippen LogP contribution in [0.2, 0.25) is 0 Å². The number of nitrogens with one attached hydrogen (secondary N) is 1. The summed E-state index contributed by atoms with van der Waals surface area (Å²) in [6.45, 7) is 1.05. The standard InChI is InChI=1S/C28H25FN2O3S/c29-23-12-7-13-24-25(23)22(18-34-21-10-5-2-6-11-21)26(35-24)28(33)31-16-14-19(15-17-31)27(32)30-20-8-3-1-4-9-20/h1-13,19H,14-18H2,(H,30,32). The lowest BCUT2D eigenvalue weighted by Crippen LogP contribution is -2.41. The van der Waals surface area contributed by atoms with Crippen molar-refractivity contribution in [1.82, 2.24) is 4.90 Å². The van der Waals surface area contributed by atoms with Crippen molar-refractivity contribution < 1.29 is 18.7 Å². The fourth-order valence-electron chi connectivity index (χ4n) is 4.40. The molecule has 1 aliphatic rings. The molecule has 0 aliphatic carbocycles. The van der Waals surface area contributed by atoms with Crippen LogP contribution in [-0.2, 0) is 11.4 Å². The van der Waals surface area contributed by atoms with Crippen molar-refractivity contribution in [2.45, 2.75) is 19.4 Å². The summed E-state index contributed by atoms with van der Waals surface area (Å²) in [5.74, 6) is -0.0176. The number of benzene rings is 3. The van der Waals surface area contributed by atoms with E-state index >= 15 is 0 Å². The lowest BCUT2D eigenvalue weighted by atomic mass is 9.95. The van der Waals surface area contributed by atoms with Crippen LogP contribution in [0.3, 0.4) is 0 Å². The van der Waals surface area contributed by atoms with Gasteiger partial charge in [0.25, 0.3) is 5.91 Å². The van der Waals surface area contributed by atoms with E-state index in [1.165, 1.54) is 17.4 Å². The first-order valence-electron chi connectivity index (χ1n) is 11.6. The van der Waals surface area contributed by atoms with E-state index in [9.17, 15) is 14.0 Å². The van der Waals surface area contributed by atoms with Gasteiger partial charge in [0, 0.05) is 40.3 Å². The number of hydrogen-bond donors (Lipinski definition) is 1. The number of nitrogens with zero attached hydrogens (tertiary/aromatic N) is 1. The molecule has 0 bridgehead atoms. The van der Waals surface area contributed by atoms with E-state index < -0.39 is 0 Å². The highest BCUT2D eigenvalue weighted by molar-refractivity contribution is 7.21. The Morgan fingerprint density at radius 1 is 0.943 bits per heavy atom. The van der Waals surface area contributed by atoms with E-state index in [4.69, 9.17) is 4.74 Å². The fourth-order valence-corrected chi connectivity index (χ4v) is 5.59. The van der Waals surface area contributed by atoms with Gasteiger partial charge in [0.15, 0.2) is 0 Å². The molecule has 0 radical (unpaired) electrons. The Morgan fingerprint density at radius 3 is 2.34 bits per heavy atom. The van der Waals surface area contributed by atoms with Gasteiger partial charge in [-0.25, -0.2) is 4.39 Å². The van der Waals surface area contributed by atoms with Crippen LogP contribution >= 0.6 is 11.3 Å². The Hall–Kier alpha value is -3.71. The minimum atomic E-state index is -0.360. The first-order valence-corrected chi connectivity index (χ1v) is 12.4. The summed E-state index contributed by atoms with van der Waals surface area (Å²) >= 11 is 1.29. The highest BCUT2D eigenvalue weighted by atomic mass is 32.1. The van der Waals surface area contributed by atoms with Gasteiger partial charge < -0.3 is 15.0 Å². The molecule has 3 aromatic carbocycles. The van der Waals surface area contributed by atoms with E-state index in [1.807, 2.05) is 66.7 Å². The van der Waals surface area contributed by atoms with E-state index in [-0.39, 0.29) is 30.2 Å². The molecule has 178 valence electrons. The molecule has 1 saturated heterocycles. The molecule has 4 aromatic rings. The zero-order valence-corrected chi connectivity index (χ0v) is 19.9. The van der Waals surface area contributed by atoms with Crippen LogP contribution in [0.15, 0.2) is 78.9 Å². The molecular formula is C28H25FN2O3S. The van der Waals surface area contributed by atoms with Crippen LogP contribution in [0.5, 0.6) is 5.75 Å². The van der Waals surface area contributed by atoms with Crippen molar-refractivity contribution in [2.24, 2.45) is 5.92 Å². The number of halogens is 1. The summed E-state index contributed by atoms with van der Waals surface area (Å²) in [5, 5.41) is 3.39. The smallest absolute Gasteiger partial charge is 0.264 e. The van der Waals surface area contributed by atoms with Crippen LogP contribution in [0.1, 0.15) is 28.1 Å². The summed E-state index contributed by atoms with van der Waals surface area (Å²) in [6.07, 6.45) is 1.17. The van der Waals surface area contributed by atoms with Gasteiger partial charge in [0.1, 0.15) is 18.2 Å². The maximum Gasteiger partial charge on any atom is 0.264 e. The first-order chi connectivity index (χ1) is 17.1. The van der Waals surface area contributed by atoms with Crippen LogP contribution in [-0.4, -0.2) is 29.8 Å². The number of amides is 2. The second kappa shape index (κ2) is 10.3. The van der Waals surface area contributed by atoms with Crippen molar-refractivity contribution in [1.29, 1.82) is 0 Å². The number of carbonyl (C=O) groups is 2. The van der Waals surface area contributed by atoms with Gasteiger partial charge in [0.2, 0.25) is 5.91 Å². The Morgan fingerprint density at radius 2 is 1.63 bits per heavy atom. The Bertz CT molecular complexity index is 1330. The van der Waals surface area contributed by atoms with Crippen molar-refractivity contribution in [3.63, 3.8) is 0 Å². The van der Waals surface area contributed by atoms with E-state index in [2.05, 4.69) is 5.32 Å². The molecule has 1 aromatic heterocycles. The average molecular weight is 489 g/mol. The molecule has 0 spiro atoms. The maximum absolute atomic E-state index is 14.8. The number of piperidine rings is 1. The number of ether oxygens (including phenoxy) is 1. The lowest BCUT2D eigenvalue weighted by Gasteiger charge is -2.31. The minimum Gasteiger partial charge on any atom is -0.489 e. The number of likely N-dealkylation sites (tertiary alicyclic amines) is 1. The summed E-state index contributed by atoms with van der Waals surface area (Å²) in [6, 6.07) is 23.6. The number of rotatable bonds is 6. The Kier molecular flexibility index (Phi) is 6.77. The second-order valence-corrected chi connectivity index (χ2v) is 9.60. The fraction of sp³-hybridized carbons (Fsp3) is 0.214. The highest BCUT2D eigenvalue weighted by Gasteiger charge is 2.30. The molecule has 0 unspecified atom stereocenters. The van der Waals surface area contributed by atoms with E-state index in [0.29, 0.717) is 47.5 Å². The van der Waals surface area contributed by atoms with E-state index in [1.54, 1.807) is 11.0 Å². The Labute approximate surface area is 207 Å². The molecule has 5 rings (SSSR count). The predicted octanol–water partition coefficient (Wildman–Crippen LogP) is 6.11. The number of anilines is 1. The SMILES string of the molecule is O=C(Nc1ccccc1)C1CCN(C(=O)c2sc3cccc(F)c3c2COc2ccccc2)CC1. The van der Waals surface area contributed by atoms with Gasteiger partial charge in [-0.15, -0.1) is 11.3 Å². The van der Waals surface area contributed by atoms with Crippen LogP contribution in [0.25, 0.3) is 10.1 Å². The van der Waals surface area contributed by atoms with Crippen LogP contribution in [0.4, 0.5) is 10.1 Å². The summed E-state index contributed by atoms with van der Waals surface area (Å²) in [4.78, 5) is 28.5. The maximum atomic E-state index is 14.8. The number of carbonyl (C=O) groups excluding carboxylic acids is 2. The molecule has 7 heteroatoms. The summed E-state index contributed by atoms with van der Waals surface area (Å²) in [7, 11) is 0. The summed E-state index contributed by atoms with van der Waals surface area (Å²) in [5.41, 5.74) is 1.34. The third-order valence-corrected chi connectivity index (χ3v) is 7.46. The average Bonchev–Trinajstić information content (AvgIpc) is 3.28. The van der Waals surface area contributed by atoms with Gasteiger partial charge >= 0.3 is 0 Å². The third kappa shape index (κ3) is 5.05. The number of thiophene rings is 1. The largest absolute Gasteiger partial charge is 0.489 e. The topological polar surface area (TPSA) is 58.6 Å². The highest BCUT2D eigenvalue weighted by Crippen LogP contribution is 2.35. The van der Waals surface area contributed by atoms with Crippen molar-refractivity contribution in [2.75, 3.05) is 18.4 Å². The molecule has 0 atom stereocenters. The number of fused-ring (bicyclic) bond motifs is 1. The van der Waals surface area contributed by atoms with Crippen LogP contribution in [0, 0.1) is 11.7 Å². The van der Waals surface area contributed by atoms with Gasteiger partial charge in [-0.3, -0.25) is 9.59 Å².